The van der Waals surface area contributed by atoms with Crippen LogP contribution in [0.2, 0.25) is 0 Å². The molecule has 0 radical (unpaired) electrons. The molecule has 0 atom stereocenters. The summed E-state index contributed by atoms with van der Waals surface area (Å²) in [4.78, 5) is 11.1. The lowest BCUT2D eigenvalue weighted by Gasteiger charge is -2.19. The van der Waals surface area contributed by atoms with Gasteiger partial charge in [0.25, 0.3) is 0 Å². The van der Waals surface area contributed by atoms with Crippen molar-refractivity contribution in [3.05, 3.63) is 42.2 Å². The van der Waals surface area contributed by atoms with E-state index in [2.05, 4.69) is 0 Å². The number of benzene rings is 1. The summed E-state index contributed by atoms with van der Waals surface area (Å²) >= 11 is 0. The molecule has 92 valence electrons. The van der Waals surface area contributed by atoms with E-state index >= 15 is 0 Å². The number of carbonyl (C=O) groups is 1. The highest BCUT2D eigenvalue weighted by molar-refractivity contribution is 5.86. The van der Waals surface area contributed by atoms with Crippen LogP contribution in [0.15, 0.2) is 36.5 Å². The Bertz CT molecular complexity index is 603. The molecule has 0 fully saturated rings. The van der Waals surface area contributed by atoms with Crippen LogP contribution >= 0.6 is 0 Å². The van der Waals surface area contributed by atoms with E-state index in [1.54, 1.807) is 41.1 Å². The Hall–Kier alpha value is -2.43. The second kappa shape index (κ2) is 4.10. The minimum atomic E-state index is -0.963. The van der Waals surface area contributed by atoms with E-state index in [4.69, 9.17) is 14.6 Å². The number of ether oxygens (including phenoxy) is 2. The molecule has 0 spiro atoms. The van der Waals surface area contributed by atoms with Gasteiger partial charge in [0, 0.05) is 18.0 Å². The van der Waals surface area contributed by atoms with Gasteiger partial charge in [0.1, 0.15) is 18.9 Å². The molecule has 5 heteroatoms. The normalized spacial score (nSPS) is 13.3. The SMILES string of the molecule is O=C(O)c1cccn1-c1ccc2c(c1)OCCO2. The van der Waals surface area contributed by atoms with E-state index < -0.39 is 5.97 Å². The van der Waals surface area contributed by atoms with Crippen LogP contribution in [0, 0.1) is 0 Å². The predicted octanol–water partition coefficient (Wildman–Crippen LogP) is 1.95. The first-order valence-corrected chi connectivity index (χ1v) is 5.56. The van der Waals surface area contributed by atoms with E-state index in [-0.39, 0.29) is 5.69 Å². The number of carboxylic acid groups (broad SMARTS) is 1. The Morgan fingerprint density at radius 3 is 2.72 bits per heavy atom. The summed E-state index contributed by atoms with van der Waals surface area (Å²) in [5, 5.41) is 9.08. The fourth-order valence-corrected chi connectivity index (χ4v) is 1.96. The van der Waals surface area contributed by atoms with Gasteiger partial charge in [-0.1, -0.05) is 0 Å². The summed E-state index contributed by atoms with van der Waals surface area (Å²) in [6, 6.07) is 8.62. The molecule has 0 unspecified atom stereocenters. The fourth-order valence-electron chi connectivity index (χ4n) is 1.96. The van der Waals surface area contributed by atoms with Crippen LogP contribution in [-0.2, 0) is 0 Å². The summed E-state index contributed by atoms with van der Waals surface area (Å²) in [5.74, 6) is 0.368. The molecule has 3 rings (SSSR count). The van der Waals surface area contributed by atoms with E-state index in [1.807, 2.05) is 0 Å². The molecule has 0 aliphatic carbocycles. The Morgan fingerprint density at radius 1 is 1.17 bits per heavy atom. The molecule has 1 N–H and O–H groups in total. The van der Waals surface area contributed by atoms with Crippen molar-refractivity contribution in [2.45, 2.75) is 0 Å². The standard InChI is InChI=1S/C13H11NO4/c15-13(16)10-2-1-5-14(10)9-3-4-11-12(8-9)18-7-6-17-11/h1-5,8H,6-7H2,(H,15,16). The summed E-state index contributed by atoms with van der Waals surface area (Å²) in [6.45, 7) is 1.05. The molecule has 5 nitrogen and oxygen atoms in total. The Labute approximate surface area is 103 Å². The van der Waals surface area contributed by atoms with Crippen molar-refractivity contribution in [1.29, 1.82) is 0 Å². The van der Waals surface area contributed by atoms with Crippen molar-refractivity contribution in [2.75, 3.05) is 13.2 Å². The lowest BCUT2D eigenvalue weighted by Crippen LogP contribution is -2.15. The smallest absolute Gasteiger partial charge is 0.352 e. The third kappa shape index (κ3) is 1.69. The van der Waals surface area contributed by atoms with Crippen molar-refractivity contribution in [3.63, 3.8) is 0 Å². The number of aromatic carboxylic acids is 1. The van der Waals surface area contributed by atoms with Gasteiger partial charge in [0.2, 0.25) is 0 Å². The van der Waals surface area contributed by atoms with Crippen LogP contribution in [0.1, 0.15) is 10.5 Å². The maximum atomic E-state index is 11.1. The predicted molar refractivity (Wildman–Crippen MR) is 63.7 cm³/mol. The van der Waals surface area contributed by atoms with Crippen LogP contribution in [0.5, 0.6) is 11.5 Å². The van der Waals surface area contributed by atoms with Gasteiger partial charge in [-0.3, -0.25) is 0 Å². The number of nitrogens with zero attached hydrogens (tertiary/aromatic N) is 1. The van der Waals surface area contributed by atoms with Gasteiger partial charge in [0.05, 0.1) is 0 Å². The average Bonchev–Trinajstić information content (AvgIpc) is 2.87. The van der Waals surface area contributed by atoms with E-state index in [1.165, 1.54) is 0 Å². The highest BCUT2D eigenvalue weighted by atomic mass is 16.6. The molecule has 0 saturated carbocycles. The van der Waals surface area contributed by atoms with E-state index in [9.17, 15) is 4.79 Å². The summed E-state index contributed by atoms with van der Waals surface area (Å²) in [7, 11) is 0. The number of carboxylic acids is 1. The second-order valence-corrected chi connectivity index (χ2v) is 3.90. The lowest BCUT2D eigenvalue weighted by atomic mass is 10.2. The van der Waals surface area contributed by atoms with Crippen LogP contribution in [0.3, 0.4) is 0 Å². The lowest BCUT2D eigenvalue weighted by molar-refractivity contribution is 0.0688. The molecule has 1 aliphatic heterocycles. The Kier molecular flexibility index (Phi) is 2.44. The first-order chi connectivity index (χ1) is 8.75. The zero-order valence-electron chi connectivity index (χ0n) is 9.50. The molecule has 2 heterocycles. The van der Waals surface area contributed by atoms with Gasteiger partial charge in [-0.2, -0.15) is 0 Å². The van der Waals surface area contributed by atoms with Gasteiger partial charge >= 0.3 is 5.97 Å². The van der Waals surface area contributed by atoms with Crippen LogP contribution in [0.4, 0.5) is 0 Å². The first-order valence-electron chi connectivity index (χ1n) is 5.56. The number of aromatic nitrogens is 1. The minimum absolute atomic E-state index is 0.215. The monoisotopic (exact) mass is 245 g/mol. The summed E-state index contributed by atoms with van der Waals surface area (Å²) in [6.07, 6.45) is 1.70. The summed E-state index contributed by atoms with van der Waals surface area (Å²) in [5.41, 5.74) is 0.952. The number of hydrogen-bond donors (Lipinski definition) is 1. The molecule has 0 amide bonds. The van der Waals surface area contributed by atoms with Crippen molar-refractivity contribution in [2.24, 2.45) is 0 Å². The molecule has 1 aromatic carbocycles. The Morgan fingerprint density at radius 2 is 1.94 bits per heavy atom. The number of hydrogen-bond acceptors (Lipinski definition) is 3. The highest BCUT2D eigenvalue weighted by Gasteiger charge is 2.15. The topological polar surface area (TPSA) is 60.7 Å². The van der Waals surface area contributed by atoms with Crippen LogP contribution in [0.25, 0.3) is 5.69 Å². The third-order valence-corrected chi connectivity index (χ3v) is 2.77. The number of fused-ring (bicyclic) bond motifs is 1. The van der Waals surface area contributed by atoms with Crippen LogP contribution in [-0.4, -0.2) is 28.9 Å². The fraction of sp³-hybridized carbons (Fsp3) is 0.154. The summed E-state index contributed by atoms with van der Waals surface area (Å²) < 4.78 is 12.5. The molecule has 0 bridgehead atoms. The first kappa shape index (κ1) is 10.7. The highest BCUT2D eigenvalue weighted by Crippen LogP contribution is 2.32. The largest absolute Gasteiger partial charge is 0.486 e. The van der Waals surface area contributed by atoms with Crippen molar-refractivity contribution < 1.29 is 19.4 Å². The molecule has 0 saturated heterocycles. The third-order valence-electron chi connectivity index (χ3n) is 2.77. The molecule has 1 aliphatic rings. The van der Waals surface area contributed by atoms with Gasteiger partial charge in [-0.05, 0) is 24.3 Å². The molecular weight excluding hydrogens is 234 g/mol. The van der Waals surface area contributed by atoms with Gasteiger partial charge in [-0.25, -0.2) is 4.79 Å². The minimum Gasteiger partial charge on any atom is -0.486 e. The van der Waals surface area contributed by atoms with E-state index in [0.29, 0.717) is 24.7 Å². The molecular formula is C13H11NO4. The zero-order valence-corrected chi connectivity index (χ0v) is 9.50. The van der Waals surface area contributed by atoms with Gasteiger partial charge in [0.15, 0.2) is 11.5 Å². The van der Waals surface area contributed by atoms with Crippen molar-refractivity contribution in [1.82, 2.24) is 4.57 Å². The zero-order chi connectivity index (χ0) is 12.5. The van der Waals surface area contributed by atoms with Crippen LogP contribution < -0.4 is 9.47 Å². The number of rotatable bonds is 2. The van der Waals surface area contributed by atoms with Crippen molar-refractivity contribution in [3.8, 4) is 17.2 Å². The van der Waals surface area contributed by atoms with Gasteiger partial charge < -0.3 is 19.1 Å². The second-order valence-electron chi connectivity index (χ2n) is 3.90. The van der Waals surface area contributed by atoms with Gasteiger partial charge in [-0.15, -0.1) is 0 Å². The van der Waals surface area contributed by atoms with E-state index in [0.717, 1.165) is 5.69 Å². The quantitative estimate of drug-likeness (QED) is 0.878. The molecule has 2 aromatic rings. The van der Waals surface area contributed by atoms with Crippen molar-refractivity contribution >= 4 is 5.97 Å². The average molecular weight is 245 g/mol. The maximum Gasteiger partial charge on any atom is 0.352 e. The maximum absolute atomic E-state index is 11.1. The molecule has 1 aromatic heterocycles. The molecule has 18 heavy (non-hydrogen) atoms. The Balaban J connectivity index is 2.06.